The molecule has 3 aromatic rings. The molecular weight excluding hydrogens is 390 g/mol. The van der Waals surface area contributed by atoms with Crippen LogP contribution >= 0.6 is 0 Å². The predicted molar refractivity (Wildman–Crippen MR) is 114 cm³/mol. The molecule has 0 spiro atoms. The van der Waals surface area contributed by atoms with Crippen molar-refractivity contribution in [1.82, 2.24) is 5.32 Å². The van der Waals surface area contributed by atoms with Gasteiger partial charge in [0.15, 0.2) is 0 Å². The molecule has 0 bridgehead atoms. The molecule has 1 N–H and O–H groups in total. The lowest BCUT2D eigenvalue weighted by atomic mass is 9.78. The Balaban J connectivity index is 1.33. The fourth-order valence-corrected chi connectivity index (χ4v) is 4.90. The topological polar surface area (TPSA) is 78.5 Å². The third-order valence-corrected chi connectivity index (χ3v) is 6.51. The summed E-state index contributed by atoms with van der Waals surface area (Å²) in [4.78, 5) is 24.7. The van der Waals surface area contributed by atoms with Crippen molar-refractivity contribution >= 4 is 12.1 Å². The van der Waals surface area contributed by atoms with Crippen molar-refractivity contribution in [2.24, 2.45) is 0 Å². The fourth-order valence-electron chi connectivity index (χ4n) is 4.90. The zero-order valence-corrected chi connectivity index (χ0v) is 17.0. The second kappa shape index (κ2) is 7.58. The van der Waals surface area contributed by atoms with E-state index in [1.807, 2.05) is 60.7 Å². The van der Waals surface area contributed by atoms with E-state index < -0.39 is 17.6 Å². The molecule has 0 radical (unpaired) electrons. The number of ether oxygens (including phenoxy) is 1. The Morgan fingerprint density at radius 1 is 0.903 bits per heavy atom. The van der Waals surface area contributed by atoms with Crippen LogP contribution in [0.4, 0.5) is 4.79 Å². The first-order chi connectivity index (χ1) is 15.1. The summed E-state index contributed by atoms with van der Waals surface area (Å²) >= 11 is 0. The summed E-state index contributed by atoms with van der Waals surface area (Å²) in [5, 5.41) is 14.6. The molecule has 0 saturated carbocycles. The lowest BCUT2D eigenvalue weighted by molar-refractivity contribution is -0.314. The lowest BCUT2D eigenvalue weighted by Gasteiger charge is -2.39. The minimum atomic E-state index is -1.46. The number of aliphatic carboxylic acids is 1. The normalized spacial score (nSPS) is 19.1. The monoisotopic (exact) mass is 412 g/mol. The second-order valence-corrected chi connectivity index (χ2v) is 8.27. The number of rotatable bonds is 4. The fraction of sp³-hybridized carbons (Fsp3) is 0.231. The molecule has 1 amide bonds. The summed E-state index contributed by atoms with van der Waals surface area (Å²) in [5.74, 6) is -1.36. The Morgan fingerprint density at radius 3 is 2.13 bits per heavy atom. The first-order valence-electron chi connectivity index (χ1n) is 10.5. The lowest BCUT2D eigenvalue weighted by Crippen LogP contribution is -2.62. The van der Waals surface area contributed by atoms with Crippen molar-refractivity contribution < 1.29 is 19.4 Å². The molecule has 2 aliphatic rings. The second-order valence-electron chi connectivity index (χ2n) is 8.27. The largest absolute Gasteiger partial charge is 0.548 e. The number of alkyl carbamates (subject to hydrolysis) is 1. The molecule has 0 saturated heterocycles. The number of carbonyl (C=O) groups excluding carboxylic acids is 2. The van der Waals surface area contributed by atoms with Gasteiger partial charge in [0.1, 0.15) is 6.61 Å². The zero-order chi connectivity index (χ0) is 21.4. The first kappa shape index (κ1) is 19.4. The average Bonchev–Trinajstić information content (AvgIpc) is 3.11. The molecule has 0 fully saturated rings. The number of benzene rings is 3. The van der Waals surface area contributed by atoms with E-state index >= 15 is 0 Å². The van der Waals surface area contributed by atoms with Gasteiger partial charge in [-0.15, -0.1) is 0 Å². The molecule has 31 heavy (non-hydrogen) atoms. The SMILES string of the molecule is O=C(N[C@]1(C(=O)[O-])CCc2ccccc2C1)OCC1c2ccccc2-c2ccccc21. The molecule has 0 aromatic heterocycles. The minimum absolute atomic E-state index is 0.0795. The van der Waals surface area contributed by atoms with Crippen LogP contribution in [0.3, 0.4) is 0 Å². The summed E-state index contributed by atoms with van der Waals surface area (Å²) in [6.07, 6.45) is 0.297. The van der Waals surface area contributed by atoms with Gasteiger partial charge in [0.05, 0.1) is 11.5 Å². The molecule has 2 aliphatic carbocycles. The van der Waals surface area contributed by atoms with E-state index in [-0.39, 0.29) is 25.4 Å². The predicted octanol–water partition coefficient (Wildman–Crippen LogP) is 3.20. The van der Waals surface area contributed by atoms with E-state index in [0.717, 1.165) is 33.4 Å². The molecule has 0 heterocycles. The van der Waals surface area contributed by atoms with Gasteiger partial charge >= 0.3 is 6.09 Å². The van der Waals surface area contributed by atoms with Crippen LogP contribution in [0.2, 0.25) is 0 Å². The van der Waals surface area contributed by atoms with Crippen LogP contribution in [0.5, 0.6) is 0 Å². The van der Waals surface area contributed by atoms with E-state index in [9.17, 15) is 14.7 Å². The van der Waals surface area contributed by atoms with Gasteiger partial charge in [-0.3, -0.25) is 0 Å². The smallest absolute Gasteiger partial charge is 0.407 e. The Bertz CT molecular complexity index is 1130. The minimum Gasteiger partial charge on any atom is -0.548 e. The third kappa shape index (κ3) is 3.36. The molecule has 1 atom stereocenters. The van der Waals surface area contributed by atoms with Crippen molar-refractivity contribution in [2.75, 3.05) is 6.61 Å². The number of amides is 1. The number of carboxylic acids is 1. The van der Waals surface area contributed by atoms with E-state index in [0.29, 0.717) is 6.42 Å². The molecule has 5 heteroatoms. The summed E-state index contributed by atoms with van der Waals surface area (Å²) in [6.45, 7) is 0.138. The number of hydrogen-bond acceptors (Lipinski definition) is 4. The van der Waals surface area contributed by atoms with E-state index in [2.05, 4.69) is 17.4 Å². The van der Waals surface area contributed by atoms with Crippen LogP contribution in [-0.2, 0) is 22.4 Å². The van der Waals surface area contributed by atoms with Crippen LogP contribution in [0.25, 0.3) is 11.1 Å². The standard InChI is InChI=1S/C26H23NO4/c28-24(29)26(14-13-17-7-1-2-8-18(17)15-26)27-25(30)31-16-23-21-11-5-3-9-19(21)20-10-4-6-12-22(20)23/h1-12,23H,13-16H2,(H,27,30)(H,28,29)/p-1/t26-/m1/s1. The maximum Gasteiger partial charge on any atom is 0.407 e. The highest BCUT2D eigenvalue weighted by molar-refractivity contribution is 5.84. The highest BCUT2D eigenvalue weighted by Gasteiger charge is 2.38. The number of carbonyl (C=O) groups is 2. The summed E-state index contributed by atoms with van der Waals surface area (Å²) in [5.41, 5.74) is 5.06. The number of fused-ring (bicyclic) bond motifs is 4. The molecule has 5 rings (SSSR count). The van der Waals surface area contributed by atoms with Gasteiger partial charge < -0.3 is 20.0 Å². The number of nitrogens with one attached hydrogen (secondary N) is 1. The van der Waals surface area contributed by atoms with Crippen molar-refractivity contribution in [3.8, 4) is 11.1 Å². The van der Waals surface area contributed by atoms with Gasteiger partial charge in [0, 0.05) is 12.3 Å². The highest BCUT2D eigenvalue weighted by Crippen LogP contribution is 2.44. The third-order valence-electron chi connectivity index (χ3n) is 6.51. The van der Waals surface area contributed by atoms with Gasteiger partial charge in [0.2, 0.25) is 0 Å². The number of aryl methyl sites for hydroxylation is 1. The number of hydrogen-bond donors (Lipinski definition) is 1. The van der Waals surface area contributed by atoms with Gasteiger partial charge in [-0.2, -0.15) is 0 Å². The van der Waals surface area contributed by atoms with Gasteiger partial charge in [0.25, 0.3) is 0 Å². The van der Waals surface area contributed by atoms with Gasteiger partial charge in [-0.25, -0.2) is 4.79 Å². The van der Waals surface area contributed by atoms with Crippen molar-refractivity contribution in [2.45, 2.75) is 30.7 Å². The molecule has 5 nitrogen and oxygen atoms in total. The zero-order valence-electron chi connectivity index (χ0n) is 17.0. The van der Waals surface area contributed by atoms with E-state index in [4.69, 9.17) is 4.74 Å². The van der Waals surface area contributed by atoms with Gasteiger partial charge in [-0.05, 0) is 46.2 Å². The molecule has 3 aromatic carbocycles. The Hall–Kier alpha value is -3.60. The first-order valence-corrected chi connectivity index (χ1v) is 10.5. The summed E-state index contributed by atoms with van der Waals surface area (Å²) < 4.78 is 5.56. The molecule has 0 unspecified atom stereocenters. The number of carboxylic acid groups (broad SMARTS) is 1. The average molecular weight is 412 g/mol. The maximum absolute atomic E-state index is 12.7. The molecular formula is C26H22NO4-. The highest BCUT2D eigenvalue weighted by atomic mass is 16.5. The summed E-state index contributed by atoms with van der Waals surface area (Å²) in [6, 6.07) is 23.9. The van der Waals surface area contributed by atoms with Crippen LogP contribution in [0, 0.1) is 0 Å². The van der Waals surface area contributed by atoms with Crippen LogP contribution in [0.15, 0.2) is 72.8 Å². The van der Waals surface area contributed by atoms with Gasteiger partial charge in [-0.1, -0.05) is 72.8 Å². The molecule has 0 aliphatic heterocycles. The van der Waals surface area contributed by atoms with Crippen LogP contribution < -0.4 is 10.4 Å². The quantitative estimate of drug-likeness (QED) is 0.714. The maximum atomic E-state index is 12.7. The summed E-state index contributed by atoms with van der Waals surface area (Å²) in [7, 11) is 0. The van der Waals surface area contributed by atoms with Crippen LogP contribution in [0.1, 0.15) is 34.6 Å². The van der Waals surface area contributed by atoms with Crippen molar-refractivity contribution in [3.63, 3.8) is 0 Å². The Morgan fingerprint density at radius 2 is 1.48 bits per heavy atom. The Kier molecular flexibility index (Phi) is 4.74. The van der Waals surface area contributed by atoms with Crippen LogP contribution in [-0.4, -0.2) is 24.2 Å². The molecule has 156 valence electrons. The van der Waals surface area contributed by atoms with E-state index in [1.54, 1.807) is 0 Å². The van der Waals surface area contributed by atoms with Crippen molar-refractivity contribution in [3.05, 3.63) is 95.1 Å². The Labute approximate surface area is 180 Å². The van der Waals surface area contributed by atoms with Crippen molar-refractivity contribution in [1.29, 1.82) is 0 Å². The van der Waals surface area contributed by atoms with E-state index in [1.165, 1.54) is 0 Å².